The minimum Gasteiger partial charge on any atom is -0.482 e. The fraction of sp³-hybridized carbons (Fsp3) is 0.462. The largest absolute Gasteiger partial charge is 0.482 e. The zero-order valence-electron chi connectivity index (χ0n) is 9.66. The lowest BCUT2D eigenvalue weighted by molar-refractivity contribution is -0.118. The summed E-state index contributed by atoms with van der Waals surface area (Å²) in [4.78, 5) is 11.2. The van der Waals surface area contributed by atoms with Crippen molar-refractivity contribution in [3.63, 3.8) is 0 Å². The fourth-order valence-corrected chi connectivity index (χ4v) is 2.11. The molecule has 1 heterocycles. The van der Waals surface area contributed by atoms with Gasteiger partial charge in [-0.25, -0.2) is 0 Å². The molecule has 0 radical (unpaired) electrons. The lowest BCUT2D eigenvalue weighted by Gasteiger charge is -2.27. The number of hydrogen-bond donors (Lipinski definition) is 2. The van der Waals surface area contributed by atoms with Crippen molar-refractivity contribution >= 4 is 11.6 Å². The molecule has 0 spiro atoms. The van der Waals surface area contributed by atoms with E-state index in [2.05, 4.69) is 10.6 Å². The maximum atomic E-state index is 11.2. The van der Waals surface area contributed by atoms with Gasteiger partial charge in [-0.2, -0.15) is 0 Å². The van der Waals surface area contributed by atoms with Gasteiger partial charge in [-0.05, 0) is 30.5 Å². The van der Waals surface area contributed by atoms with E-state index in [1.54, 1.807) is 0 Å². The third-order valence-corrected chi connectivity index (χ3v) is 3.38. The standard InChI is InChI=1S/C13H16N2O2/c16-13-8-17-12-5-4-9(6-11(12)15-13)7-14-10-2-1-3-10/h4-6,10,14H,1-3,7-8H2,(H,15,16). The van der Waals surface area contributed by atoms with Crippen LogP contribution in [0, 0.1) is 0 Å². The Morgan fingerprint density at radius 2 is 2.29 bits per heavy atom. The van der Waals surface area contributed by atoms with Gasteiger partial charge >= 0.3 is 0 Å². The average molecular weight is 232 g/mol. The number of fused-ring (bicyclic) bond motifs is 1. The van der Waals surface area contributed by atoms with Gasteiger partial charge in [0.1, 0.15) is 5.75 Å². The molecule has 1 aromatic carbocycles. The minimum atomic E-state index is -0.0818. The summed E-state index contributed by atoms with van der Waals surface area (Å²) < 4.78 is 5.32. The van der Waals surface area contributed by atoms with Crippen molar-refractivity contribution in [1.29, 1.82) is 0 Å². The third-order valence-electron chi connectivity index (χ3n) is 3.38. The zero-order valence-corrected chi connectivity index (χ0v) is 9.66. The predicted molar refractivity (Wildman–Crippen MR) is 65.0 cm³/mol. The van der Waals surface area contributed by atoms with Crippen LogP contribution in [0.4, 0.5) is 5.69 Å². The van der Waals surface area contributed by atoms with E-state index in [4.69, 9.17) is 4.74 Å². The van der Waals surface area contributed by atoms with E-state index in [-0.39, 0.29) is 12.5 Å². The average Bonchev–Trinajstić information content (AvgIpc) is 2.26. The van der Waals surface area contributed by atoms with E-state index in [9.17, 15) is 4.79 Å². The van der Waals surface area contributed by atoms with Crippen molar-refractivity contribution in [2.45, 2.75) is 31.8 Å². The second-order valence-corrected chi connectivity index (χ2v) is 4.68. The molecule has 0 aromatic heterocycles. The first-order valence-electron chi connectivity index (χ1n) is 6.10. The molecule has 4 nitrogen and oxygen atoms in total. The summed E-state index contributed by atoms with van der Waals surface area (Å²) in [6, 6.07) is 6.63. The summed E-state index contributed by atoms with van der Waals surface area (Å²) >= 11 is 0. The molecule has 1 fully saturated rings. The quantitative estimate of drug-likeness (QED) is 0.833. The summed E-state index contributed by atoms with van der Waals surface area (Å²) in [5.41, 5.74) is 1.97. The van der Waals surface area contributed by atoms with Crippen LogP contribution in [0.3, 0.4) is 0 Å². The molecule has 1 saturated carbocycles. The second kappa shape index (κ2) is 4.37. The Kier molecular flexibility index (Phi) is 2.73. The number of benzene rings is 1. The summed E-state index contributed by atoms with van der Waals surface area (Å²) in [5.74, 6) is 0.679. The van der Waals surface area contributed by atoms with Crippen molar-refractivity contribution in [3.05, 3.63) is 23.8 Å². The van der Waals surface area contributed by atoms with E-state index in [1.165, 1.54) is 24.8 Å². The Balaban J connectivity index is 1.68. The minimum absolute atomic E-state index is 0.0818. The Morgan fingerprint density at radius 1 is 1.41 bits per heavy atom. The van der Waals surface area contributed by atoms with Crippen molar-refractivity contribution in [1.82, 2.24) is 5.32 Å². The molecule has 1 aliphatic carbocycles. The molecule has 4 heteroatoms. The molecule has 1 amide bonds. The molecule has 1 aliphatic heterocycles. The van der Waals surface area contributed by atoms with Crippen LogP contribution < -0.4 is 15.4 Å². The lowest BCUT2D eigenvalue weighted by Crippen LogP contribution is -2.34. The van der Waals surface area contributed by atoms with Gasteiger partial charge < -0.3 is 15.4 Å². The molecule has 2 aliphatic rings. The highest BCUT2D eigenvalue weighted by molar-refractivity contribution is 5.95. The number of ether oxygens (including phenoxy) is 1. The van der Waals surface area contributed by atoms with E-state index in [1.807, 2.05) is 18.2 Å². The first-order chi connectivity index (χ1) is 8.31. The van der Waals surface area contributed by atoms with E-state index >= 15 is 0 Å². The lowest BCUT2D eigenvalue weighted by atomic mass is 9.93. The van der Waals surface area contributed by atoms with Crippen LogP contribution in [0.15, 0.2) is 18.2 Å². The number of anilines is 1. The normalized spacial score (nSPS) is 18.9. The number of rotatable bonds is 3. The highest BCUT2D eigenvalue weighted by atomic mass is 16.5. The molecule has 0 bridgehead atoms. The molecule has 0 unspecified atom stereocenters. The first kappa shape index (κ1) is 10.6. The van der Waals surface area contributed by atoms with Gasteiger partial charge in [-0.3, -0.25) is 4.79 Å². The monoisotopic (exact) mass is 232 g/mol. The Morgan fingerprint density at radius 3 is 3.06 bits per heavy atom. The van der Waals surface area contributed by atoms with E-state index in [0.29, 0.717) is 6.04 Å². The van der Waals surface area contributed by atoms with Crippen LogP contribution in [0.5, 0.6) is 5.75 Å². The predicted octanol–water partition coefficient (Wildman–Crippen LogP) is 1.66. The van der Waals surface area contributed by atoms with Crippen LogP contribution >= 0.6 is 0 Å². The fourth-order valence-electron chi connectivity index (χ4n) is 2.11. The number of hydrogen-bond acceptors (Lipinski definition) is 3. The summed E-state index contributed by atoms with van der Waals surface area (Å²) in [5, 5.41) is 6.32. The van der Waals surface area contributed by atoms with Crippen molar-refractivity contribution in [2.75, 3.05) is 11.9 Å². The Bertz CT molecular complexity index is 441. The SMILES string of the molecule is O=C1COc2ccc(CNC3CCC3)cc2N1. The molecule has 0 saturated heterocycles. The van der Waals surface area contributed by atoms with Crippen molar-refractivity contribution in [3.8, 4) is 5.75 Å². The van der Waals surface area contributed by atoms with Gasteiger partial charge in [0, 0.05) is 12.6 Å². The summed E-state index contributed by atoms with van der Waals surface area (Å²) in [6.07, 6.45) is 3.90. The molecule has 3 rings (SSSR count). The topological polar surface area (TPSA) is 50.4 Å². The molecule has 1 aromatic rings. The van der Waals surface area contributed by atoms with E-state index in [0.717, 1.165) is 18.0 Å². The van der Waals surface area contributed by atoms with Crippen LogP contribution in [-0.4, -0.2) is 18.6 Å². The molecular weight excluding hydrogens is 216 g/mol. The van der Waals surface area contributed by atoms with Gasteiger partial charge in [0.25, 0.3) is 5.91 Å². The summed E-state index contributed by atoms with van der Waals surface area (Å²) in [7, 11) is 0. The van der Waals surface area contributed by atoms with Crippen LogP contribution in [0.2, 0.25) is 0 Å². The van der Waals surface area contributed by atoms with Crippen molar-refractivity contribution in [2.24, 2.45) is 0 Å². The maximum Gasteiger partial charge on any atom is 0.262 e. The van der Waals surface area contributed by atoms with Gasteiger partial charge in [-0.15, -0.1) is 0 Å². The van der Waals surface area contributed by atoms with Gasteiger partial charge in [0.05, 0.1) is 5.69 Å². The molecular formula is C13H16N2O2. The second-order valence-electron chi connectivity index (χ2n) is 4.68. The highest BCUT2D eigenvalue weighted by Crippen LogP contribution is 2.28. The van der Waals surface area contributed by atoms with Crippen LogP contribution in [0.25, 0.3) is 0 Å². The number of carbonyl (C=O) groups excluding carboxylic acids is 1. The highest BCUT2D eigenvalue weighted by Gasteiger charge is 2.18. The van der Waals surface area contributed by atoms with Gasteiger partial charge in [0.2, 0.25) is 0 Å². The van der Waals surface area contributed by atoms with Crippen LogP contribution in [0.1, 0.15) is 24.8 Å². The van der Waals surface area contributed by atoms with Crippen molar-refractivity contribution < 1.29 is 9.53 Å². The molecule has 90 valence electrons. The molecule has 0 atom stereocenters. The smallest absolute Gasteiger partial charge is 0.262 e. The zero-order chi connectivity index (χ0) is 11.7. The van der Waals surface area contributed by atoms with Crippen LogP contribution in [-0.2, 0) is 11.3 Å². The van der Waals surface area contributed by atoms with E-state index < -0.39 is 0 Å². The van der Waals surface area contributed by atoms with Gasteiger partial charge in [0.15, 0.2) is 6.61 Å². The Hall–Kier alpha value is -1.55. The third kappa shape index (κ3) is 2.26. The summed E-state index contributed by atoms with van der Waals surface area (Å²) in [6.45, 7) is 0.973. The first-order valence-corrected chi connectivity index (χ1v) is 6.10. The Labute approximate surface area is 100 Å². The van der Waals surface area contributed by atoms with Gasteiger partial charge in [-0.1, -0.05) is 12.5 Å². The number of carbonyl (C=O) groups is 1. The number of nitrogens with one attached hydrogen (secondary N) is 2. The molecule has 2 N–H and O–H groups in total. The molecule has 17 heavy (non-hydrogen) atoms. The maximum absolute atomic E-state index is 11.2. The number of amides is 1.